The zero-order valence-corrected chi connectivity index (χ0v) is 9.94. The van der Waals surface area contributed by atoms with Crippen LogP contribution >= 0.6 is 0 Å². The highest BCUT2D eigenvalue weighted by Gasteiger charge is 2.26. The van der Waals surface area contributed by atoms with E-state index in [0.29, 0.717) is 0 Å². The molecule has 1 fully saturated rings. The van der Waals surface area contributed by atoms with Crippen molar-refractivity contribution in [1.29, 1.82) is 0 Å². The van der Waals surface area contributed by atoms with Crippen LogP contribution in [0.5, 0.6) is 0 Å². The van der Waals surface area contributed by atoms with E-state index in [2.05, 4.69) is 11.6 Å². The van der Waals surface area contributed by atoms with Crippen molar-refractivity contribution in [3.8, 4) is 0 Å². The molecule has 0 saturated heterocycles. The number of rotatable bonds is 3. The fourth-order valence-corrected chi connectivity index (χ4v) is 3.49. The SMILES string of the molecule is CCC1CCCC(S(=O)(=O)NC)CC1. The van der Waals surface area contributed by atoms with Crippen LogP contribution in [-0.2, 0) is 10.0 Å². The monoisotopic (exact) mass is 219 g/mol. The highest BCUT2D eigenvalue weighted by Crippen LogP contribution is 2.28. The molecule has 3 nitrogen and oxygen atoms in total. The van der Waals surface area contributed by atoms with E-state index < -0.39 is 10.0 Å². The maximum Gasteiger partial charge on any atom is 0.214 e. The van der Waals surface area contributed by atoms with Crippen molar-refractivity contribution < 1.29 is 8.42 Å². The van der Waals surface area contributed by atoms with E-state index in [9.17, 15) is 8.42 Å². The summed E-state index contributed by atoms with van der Waals surface area (Å²) in [5, 5.41) is -0.149. The second kappa shape index (κ2) is 5.12. The molecule has 2 atom stereocenters. The summed E-state index contributed by atoms with van der Waals surface area (Å²) < 4.78 is 25.6. The van der Waals surface area contributed by atoms with Crippen LogP contribution in [0, 0.1) is 5.92 Å². The Bertz CT molecular complexity index is 261. The number of sulfonamides is 1. The van der Waals surface area contributed by atoms with Crippen LogP contribution in [0.4, 0.5) is 0 Å². The van der Waals surface area contributed by atoms with Gasteiger partial charge in [-0.25, -0.2) is 13.1 Å². The summed E-state index contributed by atoms with van der Waals surface area (Å²) in [6.45, 7) is 2.19. The van der Waals surface area contributed by atoms with Crippen molar-refractivity contribution in [2.24, 2.45) is 5.92 Å². The molecule has 0 bridgehead atoms. The molecule has 84 valence electrons. The Labute approximate surface area is 87.3 Å². The molecule has 0 heterocycles. The molecule has 0 aromatic heterocycles. The van der Waals surface area contributed by atoms with Crippen molar-refractivity contribution in [2.75, 3.05) is 7.05 Å². The molecule has 1 aliphatic carbocycles. The molecule has 0 spiro atoms. The van der Waals surface area contributed by atoms with Crippen molar-refractivity contribution in [3.05, 3.63) is 0 Å². The van der Waals surface area contributed by atoms with Crippen LogP contribution in [0.2, 0.25) is 0 Å². The number of hydrogen-bond acceptors (Lipinski definition) is 2. The molecular formula is C10H21NO2S. The van der Waals surface area contributed by atoms with Gasteiger partial charge in [0.05, 0.1) is 5.25 Å². The molecule has 1 rings (SSSR count). The fourth-order valence-electron chi connectivity index (χ4n) is 2.23. The molecule has 0 amide bonds. The Morgan fingerprint density at radius 1 is 1.21 bits per heavy atom. The molecule has 0 aliphatic heterocycles. The van der Waals surface area contributed by atoms with Gasteiger partial charge >= 0.3 is 0 Å². The Hall–Kier alpha value is -0.0900. The van der Waals surface area contributed by atoms with E-state index >= 15 is 0 Å². The first-order valence-electron chi connectivity index (χ1n) is 5.52. The largest absolute Gasteiger partial charge is 0.218 e. The molecule has 0 radical (unpaired) electrons. The second-order valence-electron chi connectivity index (χ2n) is 4.15. The van der Waals surface area contributed by atoms with E-state index in [-0.39, 0.29) is 5.25 Å². The smallest absolute Gasteiger partial charge is 0.214 e. The predicted octanol–water partition coefficient (Wildman–Crippen LogP) is 1.89. The maximum absolute atomic E-state index is 11.6. The summed E-state index contributed by atoms with van der Waals surface area (Å²) in [6, 6.07) is 0. The first-order valence-corrected chi connectivity index (χ1v) is 7.07. The molecule has 1 N–H and O–H groups in total. The van der Waals surface area contributed by atoms with Gasteiger partial charge in [0.2, 0.25) is 10.0 Å². The highest BCUT2D eigenvalue weighted by atomic mass is 32.2. The van der Waals surface area contributed by atoms with Crippen molar-refractivity contribution in [1.82, 2.24) is 4.72 Å². The lowest BCUT2D eigenvalue weighted by molar-refractivity contribution is 0.446. The summed E-state index contributed by atoms with van der Waals surface area (Å²) >= 11 is 0. The maximum atomic E-state index is 11.6. The first kappa shape index (κ1) is 12.0. The highest BCUT2D eigenvalue weighted by molar-refractivity contribution is 7.90. The van der Waals surface area contributed by atoms with Crippen LogP contribution in [0.1, 0.15) is 45.4 Å². The average Bonchev–Trinajstić information content (AvgIpc) is 2.42. The third kappa shape index (κ3) is 2.95. The third-order valence-electron chi connectivity index (χ3n) is 3.34. The topological polar surface area (TPSA) is 46.2 Å². The summed E-state index contributed by atoms with van der Waals surface area (Å²) in [5.74, 6) is 0.743. The molecular weight excluding hydrogens is 198 g/mol. The Morgan fingerprint density at radius 3 is 2.50 bits per heavy atom. The lowest BCUT2D eigenvalue weighted by Crippen LogP contribution is -2.31. The first-order chi connectivity index (χ1) is 6.60. The van der Waals surface area contributed by atoms with Gasteiger partial charge < -0.3 is 0 Å². The molecule has 2 unspecified atom stereocenters. The zero-order chi connectivity index (χ0) is 10.6. The Balaban J connectivity index is 2.58. The van der Waals surface area contributed by atoms with Gasteiger partial charge in [0, 0.05) is 0 Å². The summed E-state index contributed by atoms with van der Waals surface area (Å²) in [6.07, 6.45) is 6.19. The summed E-state index contributed by atoms with van der Waals surface area (Å²) in [4.78, 5) is 0. The zero-order valence-electron chi connectivity index (χ0n) is 9.12. The average molecular weight is 219 g/mol. The van der Waals surface area contributed by atoms with Crippen molar-refractivity contribution >= 4 is 10.0 Å². The van der Waals surface area contributed by atoms with Crippen LogP contribution < -0.4 is 4.72 Å². The minimum Gasteiger partial charge on any atom is -0.218 e. The van der Waals surface area contributed by atoms with Gasteiger partial charge in [-0.3, -0.25) is 0 Å². The predicted molar refractivity (Wildman–Crippen MR) is 58.6 cm³/mol. The Morgan fingerprint density at radius 2 is 1.93 bits per heavy atom. The van der Waals surface area contributed by atoms with Gasteiger partial charge in [0.25, 0.3) is 0 Å². The molecule has 0 aromatic carbocycles. The van der Waals surface area contributed by atoms with Crippen LogP contribution in [-0.4, -0.2) is 20.7 Å². The van der Waals surface area contributed by atoms with Gasteiger partial charge in [-0.05, 0) is 32.2 Å². The van der Waals surface area contributed by atoms with Crippen LogP contribution in [0.25, 0.3) is 0 Å². The lowest BCUT2D eigenvalue weighted by atomic mass is 9.98. The van der Waals surface area contributed by atoms with Gasteiger partial charge in [-0.2, -0.15) is 0 Å². The van der Waals surface area contributed by atoms with E-state index in [1.165, 1.54) is 19.9 Å². The normalized spacial score (nSPS) is 29.9. The molecule has 0 aromatic rings. The Kier molecular flexibility index (Phi) is 4.38. The minimum absolute atomic E-state index is 0.149. The van der Waals surface area contributed by atoms with E-state index in [1.807, 2.05) is 0 Å². The molecule has 1 aliphatic rings. The van der Waals surface area contributed by atoms with Gasteiger partial charge in [-0.1, -0.05) is 26.2 Å². The lowest BCUT2D eigenvalue weighted by Gasteiger charge is -2.14. The van der Waals surface area contributed by atoms with Crippen molar-refractivity contribution in [3.63, 3.8) is 0 Å². The van der Waals surface area contributed by atoms with E-state index in [1.54, 1.807) is 0 Å². The fraction of sp³-hybridized carbons (Fsp3) is 1.00. The standard InChI is InChI=1S/C10H21NO2S/c1-3-9-5-4-6-10(8-7-9)14(12,13)11-2/h9-11H,3-8H2,1-2H3. The third-order valence-corrected chi connectivity index (χ3v) is 5.25. The van der Waals surface area contributed by atoms with E-state index in [4.69, 9.17) is 0 Å². The number of hydrogen-bond donors (Lipinski definition) is 1. The summed E-state index contributed by atoms with van der Waals surface area (Å²) in [5.41, 5.74) is 0. The van der Waals surface area contributed by atoms with Crippen LogP contribution in [0.3, 0.4) is 0 Å². The van der Waals surface area contributed by atoms with Crippen molar-refractivity contribution in [2.45, 2.75) is 50.7 Å². The molecule has 1 saturated carbocycles. The molecule has 14 heavy (non-hydrogen) atoms. The minimum atomic E-state index is -3.03. The second-order valence-corrected chi connectivity index (χ2v) is 6.32. The van der Waals surface area contributed by atoms with Gasteiger partial charge in [0.1, 0.15) is 0 Å². The molecule has 4 heteroatoms. The van der Waals surface area contributed by atoms with Crippen LogP contribution in [0.15, 0.2) is 0 Å². The summed E-state index contributed by atoms with van der Waals surface area (Å²) in [7, 11) is -1.51. The van der Waals surface area contributed by atoms with Gasteiger partial charge in [0.15, 0.2) is 0 Å². The van der Waals surface area contributed by atoms with E-state index in [0.717, 1.165) is 31.6 Å². The quantitative estimate of drug-likeness (QED) is 0.737. The van der Waals surface area contributed by atoms with Gasteiger partial charge in [-0.15, -0.1) is 0 Å². The number of nitrogens with one attached hydrogen (secondary N) is 1.